The van der Waals surface area contributed by atoms with Crippen molar-refractivity contribution in [1.29, 1.82) is 5.26 Å². The Morgan fingerprint density at radius 2 is 2.11 bits per heavy atom. The Kier molecular flexibility index (Phi) is 3.48. The van der Waals surface area contributed by atoms with Crippen molar-refractivity contribution < 1.29 is 4.79 Å². The predicted octanol–water partition coefficient (Wildman–Crippen LogP) is 3.07. The summed E-state index contributed by atoms with van der Waals surface area (Å²) >= 11 is 0. The predicted molar refractivity (Wildman–Crippen MR) is 72.4 cm³/mol. The maximum Gasteiger partial charge on any atom is 0.161 e. The van der Waals surface area contributed by atoms with Gasteiger partial charge in [-0.2, -0.15) is 10.4 Å². The Morgan fingerprint density at radius 3 is 2.63 bits per heavy atom. The SMILES string of the molecule is CC(=O)c1ccc(C#N)cc1-n1ccc(C(C)C)n1. The molecule has 0 spiro atoms. The van der Waals surface area contributed by atoms with E-state index in [0.29, 0.717) is 22.7 Å². The van der Waals surface area contributed by atoms with Crippen LogP contribution in [0.5, 0.6) is 0 Å². The van der Waals surface area contributed by atoms with E-state index >= 15 is 0 Å². The molecule has 0 N–H and O–H groups in total. The molecule has 2 aromatic rings. The monoisotopic (exact) mass is 253 g/mol. The highest BCUT2D eigenvalue weighted by molar-refractivity contribution is 5.97. The van der Waals surface area contributed by atoms with Gasteiger partial charge in [-0.05, 0) is 37.1 Å². The molecule has 0 aliphatic rings. The summed E-state index contributed by atoms with van der Waals surface area (Å²) < 4.78 is 1.66. The van der Waals surface area contributed by atoms with Crippen LogP contribution in [0, 0.1) is 11.3 Å². The van der Waals surface area contributed by atoms with E-state index in [1.165, 1.54) is 6.92 Å². The Hall–Kier alpha value is -2.41. The molecule has 2 rings (SSSR count). The Labute approximate surface area is 112 Å². The molecule has 4 heteroatoms. The van der Waals surface area contributed by atoms with Gasteiger partial charge in [0.15, 0.2) is 5.78 Å². The topological polar surface area (TPSA) is 58.7 Å². The van der Waals surface area contributed by atoms with Gasteiger partial charge in [-0.1, -0.05) is 13.8 Å². The number of nitriles is 1. The first-order chi connectivity index (χ1) is 9.02. The number of rotatable bonds is 3. The minimum Gasteiger partial charge on any atom is -0.294 e. The molecule has 1 heterocycles. The summed E-state index contributed by atoms with van der Waals surface area (Å²) in [5.74, 6) is 0.280. The number of hydrogen-bond acceptors (Lipinski definition) is 3. The van der Waals surface area contributed by atoms with Gasteiger partial charge >= 0.3 is 0 Å². The maximum atomic E-state index is 11.7. The van der Waals surface area contributed by atoms with Crippen LogP contribution >= 0.6 is 0 Å². The maximum absolute atomic E-state index is 11.7. The number of carbonyl (C=O) groups is 1. The van der Waals surface area contributed by atoms with E-state index < -0.39 is 0 Å². The van der Waals surface area contributed by atoms with Crippen LogP contribution in [0.15, 0.2) is 30.5 Å². The van der Waals surface area contributed by atoms with Gasteiger partial charge in [-0.3, -0.25) is 4.79 Å². The van der Waals surface area contributed by atoms with Crippen molar-refractivity contribution in [1.82, 2.24) is 9.78 Å². The van der Waals surface area contributed by atoms with Crippen molar-refractivity contribution in [3.05, 3.63) is 47.3 Å². The zero-order valence-corrected chi connectivity index (χ0v) is 11.2. The molecule has 0 aliphatic carbocycles. The van der Waals surface area contributed by atoms with Crippen LogP contribution in [0.2, 0.25) is 0 Å². The number of hydrogen-bond donors (Lipinski definition) is 0. The summed E-state index contributed by atoms with van der Waals surface area (Å²) in [6, 6.07) is 9.01. The summed E-state index contributed by atoms with van der Waals surface area (Å²) in [5.41, 5.74) is 2.69. The van der Waals surface area contributed by atoms with Crippen LogP contribution in [0.25, 0.3) is 5.69 Å². The second-order valence-electron chi connectivity index (χ2n) is 4.74. The van der Waals surface area contributed by atoms with Gasteiger partial charge in [0, 0.05) is 11.8 Å². The molecule has 0 saturated heterocycles. The molecule has 0 bridgehead atoms. The molecule has 0 atom stereocenters. The summed E-state index contributed by atoms with van der Waals surface area (Å²) in [7, 11) is 0. The lowest BCUT2D eigenvalue weighted by atomic mass is 10.1. The van der Waals surface area contributed by atoms with Crippen LogP contribution in [0.1, 0.15) is 48.3 Å². The molecule has 0 saturated carbocycles. The van der Waals surface area contributed by atoms with Gasteiger partial charge in [-0.25, -0.2) is 4.68 Å². The third-order valence-corrected chi connectivity index (χ3v) is 2.95. The second kappa shape index (κ2) is 5.07. The van der Waals surface area contributed by atoms with E-state index in [2.05, 4.69) is 25.0 Å². The van der Waals surface area contributed by atoms with Crippen molar-refractivity contribution >= 4 is 5.78 Å². The quantitative estimate of drug-likeness (QED) is 0.790. The minimum absolute atomic E-state index is 0.0407. The van der Waals surface area contributed by atoms with E-state index in [1.807, 2.05) is 12.3 Å². The summed E-state index contributed by atoms with van der Waals surface area (Å²) in [6.07, 6.45) is 1.82. The van der Waals surface area contributed by atoms with Crippen LogP contribution in [0.3, 0.4) is 0 Å². The van der Waals surface area contributed by atoms with Gasteiger partial charge in [0.1, 0.15) is 0 Å². The largest absolute Gasteiger partial charge is 0.294 e. The zero-order chi connectivity index (χ0) is 14.0. The van der Waals surface area contributed by atoms with E-state index in [-0.39, 0.29) is 5.78 Å². The summed E-state index contributed by atoms with van der Waals surface area (Å²) in [5, 5.41) is 13.4. The highest BCUT2D eigenvalue weighted by atomic mass is 16.1. The lowest BCUT2D eigenvalue weighted by molar-refractivity contribution is 0.101. The molecule has 0 amide bonds. The standard InChI is InChI=1S/C15H15N3O/c1-10(2)14-6-7-18(17-14)15-8-12(9-16)4-5-13(15)11(3)19/h4-8,10H,1-3H3. The van der Waals surface area contributed by atoms with Crippen LogP contribution in [0.4, 0.5) is 0 Å². The molecule has 19 heavy (non-hydrogen) atoms. The molecule has 4 nitrogen and oxygen atoms in total. The first-order valence-electron chi connectivity index (χ1n) is 6.14. The normalized spacial score (nSPS) is 10.5. The third-order valence-electron chi connectivity index (χ3n) is 2.95. The Balaban J connectivity index is 2.58. The van der Waals surface area contributed by atoms with Gasteiger partial charge in [0.25, 0.3) is 0 Å². The van der Waals surface area contributed by atoms with E-state index in [0.717, 1.165) is 5.69 Å². The molecular weight excluding hydrogens is 238 g/mol. The van der Waals surface area contributed by atoms with Crippen molar-refractivity contribution in [2.75, 3.05) is 0 Å². The average molecular weight is 253 g/mol. The van der Waals surface area contributed by atoms with Gasteiger partial charge in [-0.15, -0.1) is 0 Å². The molecule has 96 valence electrons. The second-order valence-corrected chi connectivity index (χ2v) is 4.74. The molecule has 1 aromatic carbocycles. The van der Waals surface area contributed by atoms with Gasteiger partial charge in [0.05, 0.1) is 23.0 Å². The minimum atomic E-state index is -0.0407. The van der Waals surface area contributed by atoms with Crippen molar-refractivity contribution in [3.63, 3.8) is 0 Å². The van der Waals surface area contributed by atoms with Crippen molar-refractivity contribution in [3.8, 4) is 11.8 Å². The summed E-state index contributed by atoms with van der Waals surface area (Å²) in [6.45, 7) is 5.63. The first-order valence-corrected chi connectivity index (χ1v) is 6.14. The molecule has 1 aromatic heterocycles. The van der Waals surface area contributed by atoms with Crippen LogP contribution in [-0.2, 0) is 0 Å². The van der Waals surface area contributed by atoms with Crippen molar-refractivity contribution in [2.45, 2.75) is 26.7 Å². The first kappa shape index (κ1) is 13.0. The Bertz CT molecular complexity index is 662. The smallest absolute Gasteiger partial charge is 0.161 e. The zero-order valence-electron chi connectivity index (χ0n) is 11.2. The van der Waals surface area contributed by atoms with E-state index in [9.17, 15) is 4.79 Å². The average Bonchev–Trinajstić information content (AvgIpc) is 2.87. The molecule has 0 fully saturated rings. The van der Waals surface area contributed by atoms with Crippen LogP contribution in [-0.4, -0.2) is 15.6 Å². The van der Waals surface area contributed by atoms with Crippen molar-refractivity contribution in [2.24, 2.45) is 0 Å². The number of ketones is 1. The van der Waals surface area contributed by atoms with Gasteiger partial charge in [0.2, 0.25) is 0 Å². The number of carbonyl (C=O) groups excluding carboxylic acids is 1. The fourth-order valence-corrected chi connectivity index (χ4v) is 1.87. The Morgan fingerprint density at radius 1 is 1.37 bits per heavy atom. The summed E-state index contributed by atoms with van der Waals surface area (Å²) in [4.78, 5) is 11.7. The molecule has 0 unspecified atom stereocenters. The molecular formula is C15H15N3O. The number of aromatic nitrogens is 2. The fourth-order valence-electron chi connectivity index (χ4n) is 1.87. The van der Waals surface area contributed by atoms with E-state index in [1.54, 1.807) is 22.9 Å². The lowest BCUT2D eigenvalue weighted by Gasteiger charge is -2.08. The number of benzene rings is 1. The third kappa shape index (κ3) is 2.55. The molecule has 0 radical (unpaired) electrons. The number of nitrogens with zero attached hydrogens (tertiary/aromatic N) is 3. The highest BCUT2D eigenvalue weighted by Gasteiger charge is 2.12. The lowest BCUT2D eigenvalue weighted by Crippen LogP contribution is -2.05. The number of Topliss-reactive ketones (excluding diaryl/α,β-unsaturated/α-hetero) is 1. The molecule has 0 aliphatic heterocycles. The van der Waals surface area contributed by atoms with Crippen LogP contribution < -0.4 is 0 Å². The van der Waals surface area contributed by atoms with E-state index in [4.69, 9.17) is 5.26 Å². The van der Waals surface area contributed by atoms with Gasteiger partial charge < -0.3 is 0 Å². The highest BCUT2D eigenvalue weighted by Crippen LogP contribution is 2.19. The fraction of sp³-hybridized carbons (Fsp3) is 0.267.